The third-order valence-electron chi connectivity index (χ3n) is 3.00. The average molecular weight is 290 g/mol. The molecule has 6 nitrogen and oxygen atoms in total. The number of anilines is 2. The van der Waals surface area contributed by atoms with Gasteiger partial charge in [0.1, 0.15) is 11.3 Å². The Bertz CT molecular complexity index is 757. The molecule has 102 valence electrons. The minimum atomic E-state index is 0.161. The Morgan fingerprint density at radius 3 is 2.95 bits per heavy atom. The number of hydrogen-bond acceptors (Lipinski definition) is 5. The van der Waals surface area contributed by atoms with Crippen LogP contribution in [0, 0.1) is 0 Å². The average Bonchev–Trinajstić information content (AvgIpc) is 2.93. The number of H-pyrrole nitrogens is 1. The van der Waals surface area contributed by atoms with E-state index in [2.05, 4.69) is 19.9 Å². The molecule has 0 aliphatic rings. The van der Waals surface area contributed by atoms with Gasteiger partial charge in [-0.25, -0.2) is 4.98 Å². The summed E-state index contributed by atoms with van der Waals surface area (Å²) in [4.78, 5) is 17.4. The van der Waals surface area contributed by atoms with E-state index in [0.29, 0.717) is 11.5 Å². The van der Waals surface area contributed by atoms with Gasteiger partial charge in [0.15, 0.2) is 11.5 Å². The predicted octanol–water partition coefficient (Wildman–Crippen LogP) is 2.78. The molecule has 3 aromatic rings. The second kappa shape index (κ2) is 4.97. The van der Waals surface area contributed by atoms with Crippen LogP contribution < -0.4 is 9.64 Å². The minimum Gasteiger partial charge on any atom is -0.497 e. The van der Waals surface area contributed by atoms with Crippen LogP contribution in [0.3, 0.4) is 0 Å². The minimum absolute atomic E-state index is 0.161. The van der Waals surface area contributed by atoms with Crippen LogP contribution in [0.2, 0.25) is 5.28 Å². The summed E-state index contributed by atoms with van der Waals surface area (Å²) in [5.74, 6) is 1.43. The lowest BCUT2D eigenvalue weighted by molar-refractivity contribution is 0.415. The fourth-order valence-electron chi connectivity index (χ4n) is 1.98. The van der Waals surface area contributed by atoms with E-state index in [1.807, 2.05) is 36.2 Å². The molecule has 1 N–H and O–H groups in total. The van der Waals surface area contributed by atoms with E-state index < -0.39 is 0 Å². The van der Waals surface area contributed by atoms with Crippen LogP contribution in [0.1, 0.15) is 0 Å². The fourth-order valence-corrected chi connectivity index (χ4v) is 2.14. The summed E-state index contributed by atoms with van der Waals surface area (Å²) >= 11 is 5.94. The van der Waals surface area contributed by atoms with Crippen LogP contribution >= 0.6 is 11.6 Å². The van der Waals surface area contributed by atoms with Crippen molar-refractivity contribution in [3.63, 3.8) is 0 Å². The molecule has 0 spiro atoms. The maximum atomic E-state index is 5.94. The number of benzene rings is 1. The van der Waals surface area contributed by atoms with Crippen LogP contribution in [-0.4, -0.2) is 34.1 Å². The molecule has 0 aliphatic heterocycles. The molecular weight excluding hydrogens is 278 g/mol. The molecule has 0 saturated carbocycles. The van der Waals surface area contributed by atoms with Gasteiger partial charge in [-0.3, -0.25) is 0 Å². The number of methoxy groups -OCH3 is 1. The number of aromatic amines is 1. The zero-order chi connectivity index (χ0) is 14.1. The van der Waals surface area contributed by atoms with E-state index in [1.165, 1.54) is 0 Å². The monoisotopic (exact) mass is 289 g/mol. The lowest BCUT2D eigenvalue weighted by Gasteiger charge is -2.19. The van der Waals surface area contributed by atoms with Gasteiger partial charge in [-0.1, -0.05) is 6.07 Å². The molecule has 0 aliphatic carbocycles. The van der Waals surface area contributed by atoms with Crippen LogP contribution in [0.15, 0.2) is 30.6 Å². The van der Waals surface area contributed by atoms with Gasteiger partial charge in [0.2, 0.25) is 5.28 Å². The van der Waals surface area contributed by atoms with E-state index in [1.54, 1.807) is 13.4 Å². The number of fused-ring (bicyclic) bond motifs is 1. The number of hydrogen-bond donors (Lipinski definition) is 1. The summed E-state index contributed by atoms with van der Waals surface area (Å²) in [7, 11) is 3.53. The first-order chi connectivity index (χ1) is 9.69. The molecule has 0 atom stereocenters. The lowest BCUT2D eigenvalue weighted by Crippen LogP contribution is -2.12. The van der Waals surface area contributed by atoms with Gasteiger partial charge in [-0.15, -0.1) is 0 Å². The number of rotatable bonds is 3. The van der Waals surface area contributed by atoms with Crippen molar-refractivity contribution < 1.29 is 4.74 Å². The molecule has 0 saturated heterocycles. The summed E-state index contributed by atoms with van der Waals surface area (Å²) < 4.78 is 5.23. The Labute approximate surface area is 120 Å². The van der Waals surface area contributed by atoms with Gasteiger partial charge < -0.3 is 14.6 Å². The second-order valence-electron chi connectivity index (χ2n) is 4.18. The van der Waals surface area contributed by atoms with Crippen molar-refractivity contribution in [1.29, 1.82) is 0 Å². The van der Waals surface area contributed by atoms with E-state index in [0.717, 1.165) is 17.0 Å². The summed E-state index contributed by atoms with van der Waals surface area (Å²) in [6.07, 6.45) is 1.57. The van der Waals surface area contributed by atoms with Crippen molar-refractivity contribution in [2.24, 2.45) is 0 Å². The third-order valence-corrected chi connectivity index (χ3v) is 3.17. The highest BCUT2D eigenvalue weighted by Crippen LogP contribution is 2.29. The number of nitrogens with one attached hydrogen (secondary N) is 1. The Hall–Kier alpha value is -2.34. The normalized spacial score (nSPS) is 10.8. The quantitative estimate of drug-likeness (QED) is 0.751. The number of ether oxygens (including phenoxy) is 1. The second-order valence-corrected chi connectivity index (χ2v) is 4.52. The number of halogens is 1. The highest BCUT2D eigenvalue weighted by Gasteiger charge is 2.14. The van der Waals surface area contributed by atoms with Gasteiger partial charge in [-0.2, -0.15) is 9.97 Å². The van der Waals surface area contributed by atoms with Gasteiger partial charge in [-0.05, 0) is 23.7 Å². The third kappa shape index (κ3) is 2.14. The summed E-state index contributed by atoms with van der Waals surface area (Å²) in [6.45, 7) is 0. The molecule has 7 heteroatoms. The Kier molecular flexibility index (Phi) is 3.15. The van der Waals surface area contributed by atoms with Gasteiger partial charge in [0.05, 0.1) is 13.4 Å². The Morgan fingerprint density at radius 1 is 1.30 bits per heavy atom. The topological polar surface area (TPSA) is 66.9 Å². The van der Waals surface area contributed by atoms with Crippen molar-refractivity contribution in [2.75, 3.05) is 19.1 Å². The van der Waals surface area contributed by atoms with Crippen molar-refractivity contribution in [3.8, 4) is 5.75 Å². The SMILES string of the molecule is COc1cccc(N(C)c2nc(Cl)nc3nc[nH]c23)c1. The Morgan fingerprint density at radius 2 is 2.15 bits per heavy atom. The standard InChI is InChI=1S/C13H12ClN5O/c1-19(8-4-3-5-9(6-8)20-2)12-10-11(16-7-15-10)17-13(14)18-12/h3-7H,1-2H3,(H,15,16,17,18). The van der Waals surface area contributed by atoms with Crippen LogP contribution in [0.4, 0.5) is 11.5 Å². The molecule has 0 unspecified atom stereocenters. The maximum absolute atomic E-state index is 5.94. The first-order valence-electron chi connectivity index (χ1n) is 5.93. The van der Waals surface area contributed by atoms with Gasteiger partial charge in [0, 0.05) is 18.8 Å². The number of nitrogens with zero attached hydrogens (tertiary/aromatic N) is 4. The molecule has 0 fully saturated rings. The Balaban J connectivity index is 2.11. The maximum Gasteiger partial charge on any atom is 0.226 e. The molecule has 2 heterocycles. The van der Waals surface area contributed by atoms with Crippen LogP contribution in [0.25, 0.3) is 11.2 Å². The van der Waals surface area contributed by atoms with Gasteiger partial charge in [0.25, 0.3) is 0 Å². The van der Waals surface area contributed by atoms with E-state index in [-0.39, 0.29) is 5.28 Å². The molecule has 0 radical (unpaired) electrons. The highest BCUT2D eigenvalue weighted by atomic mass is 35.5. The molecule has 3 rings (SSSR count). The number of imidazole rings is 1. The smallest absolute Gasteiger partial charge is 0.226 e. The molecule has 0 amide bonds. The molecular formula is C13H12ClN5O. The lowest BCUT2D eigenvalue weighted by atomic mass is 10.2. The highest BCUT2D eigenvalue weighted by molar-refractivity contribution is 6.28. The van der Waals surface area contributed by atoms with Crippen molar-refractivity contribution in [3.05, 3.63) is 35.9 Å². The largest absolute Gasteiger partial charge is 0.497 e. The van der Waals surface area contributed by atoms with E-state index >= 15 is 0 Å². The van der Waals surface area contributed by atoms with E-state index in [4.69, 9.17) is 16.3 Å². The molecule has 1 aromatic carbocycles. The van der Waals surface area contributed by atoms with E-state index in [9.17, 15) is 0 Å². The van der Waals surface area contributed by atoms with Crippen LogP contribution in [-0.2, 0) is 0 Å². The van der Waals surface area contributed by atoms with Crippen LogP contribution in [0.5, 0.6) is 5.75 Å². The zero-order valence-electron chi connectivity index (χ0n) is 11.0. The molecule has 20 heavy (non-hydrogen) atoms. The van der Waals surface area contributed by atoms with Crippen molar-refractivity contribution >= 4 is 34.3 Å². The predicted molar refractivity (Wildman–Crippen MR) is 77.8 cm³/mol. The first kappa shape index (κ1) is 12.7. The van der Waals surface area contributed by atoms with Gasteiger partial charge >= 0.3 is 0 Å². The number of aromatic nitrogens is 4. The van der Waals surface area contributed by atoms with Crippen molar-refractivity contribution in [1.82, 2.24) is 19.9 Å². The zero-order valence-corrected chi connectivity index (χ0v) is 11.7. The first-order valence-corrected chi connectivity index (χ1v) is 6.31. The molecule has 2 aromatic heterocycles. The van der Waals surface area contributed by atoms with Crippen molar-refractivity contribution in [2.45, 2.75) is 0 Å². The summed E-state index contributed by atoms with van der Waals surface area (Å²) in [5.41, 5.74) is 2.20. The summed E-state index contributed by atoms with van der Waals surface area (Å²) in [5, 5.41) is 0.161. The fraction of sp³-hybridized carbons (Fsp3) is 0.154. The molecule has 0 bridgehead atoms. The summed E-state index contributed by atoms with van der Waals surface area (Å²) in [6, 6.07) is 7.67.